The second kappa shape index (κ2) is 6.49. The number of ketones is 1. The summed E-state index contributed by atoms with van der Waals surface area (Å²) in [7, 11) is 1.14. The lowest BCUT2D eigenvalue weighted by molar-refractivity contribution is -0.402. The molecular formula is C15H11NO6. The fourth-order valence-electron chi connectivity index (χ4n) is 1.73. The normalized spacial score (nSPS) is 11.0. The number of nitro groups is 1. The lowest BCUT2D eigenvalue weighted by atomic mass is 10.0. The molecule has 0 radical (unpaired) electrons. The lowest BCUT2D eigenvalue weighted by Crippen LogP contribution is -2.14. The van der Waals surface area contributed by atoms with Gasteiger partial charge < -0.3 is 9.15 Å². The first-order valence-electron chi connectivity index (χ1n) is 6.17. The Morgan fingerprint density at radius 1 is 1.18 bits per heavy atom. The molecule has 0 saturated heterocycles. The molecular weight excluding hydrogens is 290 g/mol. The van der Waals surface area contributed by atoms with Crippen LogP contribution in [-0.2, 0) is 9.53 Å². The molecule has 0 N–H and O–H groups in total. The van der Waals surface area contributed by atoms with Gasteiger partial charge in [0.2, 0.25) is 0 Å². The van der Waals surface area contributed by atoms with E-state index < -0.39 is 22.6 Å². The number of nitrogens with zero attached hydrogens (tertiary/aromatic N) is 1. The predicted octanol–water partition coefficient (Wildman–Crippen LogP) is 2.63. The Kier molecular flexibility index (Phi) is 4.47. The molecule has 1 aromatic carbocycles. The van der Waals surface area contributed by atoms with Gasteiger partial charge in [-0.05, 0) is 12.1 Å². The minimum atomic E-state index is -0.854. The van der Waals surface area contributed by atoms with Crippen LogP contribution >= 0.6 is 0 Å². The summed E-state index contributed by atoms with van der Waals surface area (Å²) < 4.78 is 9.50. The van der Waals surface area contributed by atoms with Gasteiger partial charge in [-0.3, -0.25) is 14.9 Å². The Hall–Kier alpha value is -3.22. The van der Waals surface area contributed by atoms with Crippen LogP contribution in [-0.4, -0.2) is 23.8 Å². The van der Waals surface area contributed by atoms with Gasteiger partial charge >= 0.3 is 11.9 Å². The molecule has 0 unspecified atom stereocenters. The molecule has 0 aliphatic heterocycles. The van der Waals surface area contributed by atoms with Crippen LogP contribution in [0.5, 0.6) is 0 Å². The Bertz CT molecular complexity index is 744. The van der Waals surface area contributed by atoms with Crippen LogP contribution in [0.1, 0.15) is 16.1 Å². The summed E-state index contributed by atoms with van der Waals surface area (Å²) in [6, 6.07) is 10.6. The van der Waals surface area contributed by atoms with Gasteiger partial charge in [0.05, 0.1) is 13.2 Å². The molecule has 0 amide bonds. The van der Waals surface area contributed by atoms with Crippen molar-refractivity contribution in [2.75, 3.05) is 7.11 Å². The largest absolute Gasteiger partial charge is 0.465 e. The van der Waals surface area contributed by atoms with Crippen LogP contribution in [0.3, 0.4) is 0 Å². The third-order valence-corrected chi connectivity index (χ3v) is 2.77. The van der Waals surface area contributed by atoms with Gasteiger partial charge in [-0.2, -0.15) is 0 Å². The van der Waals surface area contributed by atoms with Gasteiger partial charge in [-0.1, -0.05) is 30.3 Å². The molecule has 22 heavy (non-hydrogen) atoms. The number of esters is 1. The number of Topliss-reactive ketones (excluding diaryl/α,β-unsaturated/α-hetero) is 1. The molecule has 0 spiro atoms. The highest BCUT2D eigenvalue weighted by Gasteiger charge is 2.22. The molecule has 0 aliphatic carbocycles. The number of methoxy groups -OCH3 is 1. The van der Waals surface area contributed by atoms with E-state index in [-0.39, 0.29) is 11.3 Å². The van der Waals surface area contributed by atoms with Gasteiger partial charge in [-0.25, -0.2) is 4.79 Å². The van der Waals surface area contributed by atoms with E-state index in [2.05, 4.69) is 4.74 Å². The van der Waals surface area contributed by atoms with Gasteiger partial charge in [0.1, 0.15) is 16.3 Å². The van der Waals surface area contributed by atoms with Crippen molar-refractivity contribution in [2.45, 2.75) is 0 Å². The Balaban J connectivity index is 2.41. The summed E-state index contributed by atoms with van der Waals surface area (Å²) >= 11 is 0. The predicted molar refractivity (Wildman–Crippen MR) is 76.1 cm³/mol. The SMILES string of the molecule is COC(=O)/C(=C/c1ccc([N+](=O)[O-])o1)C(=O)c1ccccc1. The second-order valence-electron chi connectivity index (χ2n) is 4.18. The molecule has 7 heteroatoms. The fraction of sp³-hybridized carbons (Fsp3) is 0.0667. The average molecular weight is 301 g/mol. The van der Waals surface area contributed by atoms with Gasteiger partial charge in [0.15, 0.2) is 5.78 Å². The van der Waals surface area contributed by atoms with Crippen molar-refractivity contribution >= 4 is 23.7 Å². The topological polar surface area (TPSA) is 99.7 Å². The zero-order valence-electron chi connectivity index (χ0n) is 11.5. The van der Waals surface area contributed by atoms with E-state index in [4.69, 9.17) is 4.42 Å². The maximum Gasteiger partial charge on any atom is 0.433 e. The molecule has 2 aromatic rings. The number of hydrogen-bond donors (Lipinski definition) is 0. The second-order valence-corrected chi connectivity index (χ2v) is 4.18. The lowest BCUT2D eigenvalue weighted by Gasteiger charge is -2.04. The summed E-state index contributed by atoms with van der Waals surface area (Å²) in [5.41, 5.74) is 0.0122. The molecule has 0 bridgehead atoms. The van der Waals surface area contributed by atoms with Crippen molar-refractivity contribution in [1.82, 2.24) is 0 Å². The van der Waals surface area contributed by atoms with Crippen LogP contribution in [0.4, 0.5) is 5.88 Å². The maximum atomic E-state index is 12.3. The molecule has 0 aliphatic rings. The van der Waals surface area contributed by atoms with Crippen molar-refractivity contribution in [3.8, 4) is 0 Å². The molecule has 7 nitrogen and oxygen atoms in total. The smallest absolute Gasteiger partial charge is 0.433 e. The molecule has 0 saturated carbocycles. The minimum Gasteiger partial charge on any atom is -0.465 e. The highest BCUT2D eigenvalue weighted by Crippen LogP contribution is 2.20. The molecule has 0 atom stereocenters. The third-order valence-electron chi connectivity index (χ3n) is 2.77. The summed E-state index contributed by atoms with van der Waals surface area (Å²) in [6.45, 7) is 0. The molecule has 112 valence electrons. The minimum absolute atomic E-state index is 0.0105. The summed E-state index contributed by atoms with van der Waals surface area (Å²) in [5.74, 6) is -1.89. The first-order valence-corrected chi connectivity index (χ1v) is 6.17. The highest BCUT2D eigenvalue weighted by atomic mass is 16.6. The van der Waals surface area contributed by atoms with Crippen molar-refractivity contribution in [2.24, 2.45) is 0 Å². The molecule has 2 rings (SSSR count). The van der Waals surface area contributed by atoms with E-state index in [9.17, 15) is 19.7 Å². The Morgan fingerprint density at radius 3 is 2.41 bits per heavy atom. The van der Waals surface area contributed by atoms with Crippen LogP contribution in [0.2, 0.25) is 0 Å². The number of ether oxygens (including phenoxy) is 1. The number of benzene rings is 1. The van der Waals surface area contributed by atoms with E-state index in [1.165, 1.54) is 6.07 Å². The first-order chi connectivity index (χ1) is 10.5. The van der Waals surface area contributed by atoms with Crippen molar-refractivity contribution < 1.29 is 23.7 Å². The first kappa shape index (κ1) is 15.2. The Morgan fingerprint density at radius 2 is 1.86 bits per heavy atom. The van der Waals surface area contributed by atoms with E-state index in [0.717, 1.165) is 19.3 Å². The van der Waals surface area contributed by atoms with Gasteiger partial charge in [-0.15, -0.1) is 0 Å². The molecule has 1 heterocycles. The number of hydrogen-bond acceptors (Lipinski definition) is 6. The highest BCUT2D eigenvalue weighted by molar-refractivity contribution is 6.26. The zero-order valence-corrected chi connectivity index (χ0v) is 11.5. The van der Waals surface area contributed by atoms with Gasteiger partial charge in [0.25, 0.3) is 0 Å². The number of carbonyl (C=O) groups is 2. The molecule has 1 aromatic heterocycles. The monoisotopic (exact) mass is 301 g/mol. The van der Waals surface area contributed by atoms with Crippen LogP contribution in [0.15, 0.2) is 52.5 Å². The van der Waals surface area contributed by atoms with E-state index in [1.54, 1.807) is 30.3 Å². The van der Waals surface area contributed by atoms with Crippen LogP contribution < -0.4 is 0 Å². The van der Waals surface area contributed by atoms with Crippen LogP contribution in [0.25, 0.3) is 6.08 Å². The van der Waals surface area contributed by atoms with E-state index in [1.807, 2.05) is 0 Å². The Labute approximate surface area is 125 Å². The fourth-order valence-corrected chi connectivity index (χ4v) is 1.73. The number of carbonyl (C=O) groups excluding carboxylic acids is 2. The van der Waals surface area contributed by atoms with Crippen molar-refractivity contribution in [3.63, 3.8) is 0 Å². The summed E-state index contributed by atoms with van der Waals surface area (Å²) in [6.07, 6.45) is 1.12. The van der Waals surface area contributed by atoms with Crippen LogP contribution in [0, 0.1) is 10.1 Å². The quantitative estimate of drug-likeness (QED) is 0.160. The van der Waals surface area contributed by atoms with E-state index >= 15 is 0 Å². The summed E-state index contributed by atoms with van der Waals surface area (Å²) in [4.78, 5) is 34.0. The third kappa shape index (κ3) is 3.26. The van der Waals surface area contributed by atoms with Crippen molar-refractivity contribution in [1.29, 1.82) is 0 Å². The summed E-state index contributed by atoms with van der Waals surface area (Å²) in [5, 5.41) is 10.6. The maximum absolute atomic E-state index is 12.3. The number of rotatable bonds is 5. The van der Waals surface area contributed by atoms with Gasteiger partial charge in [0, 0.05) is 5.56 Å². The molecule has 0 fully saturated rings. The average Bonchev–Trinajstić information content (AvgIpc) is 3.01. The van der Waals surface area contributed by atoms with Crippen molar-refractivity contribution in [3.05, 3.63) is 69.5 Å². The standard InChI is InChI=1S/C15H11NO6/c1-21-15(18)12(14(17)10-5-3-2-4-6-10)9-11-7-8-13(22-11)16(19)20/h2-9H,1H3/b12-9+. The number of furan rings is 1. The van der Waals surface area contributed by atoms with E-state index in [0.29, 0.717) is 5.56 Å². The zero-order chi connectivity index (χ0) is 16.1.